The fourth-order valence-corrected chi connectivity index (χ4v) is 6.18. The molecule has 0 amide bonds. The van der Waals surface area contributed by atoms with Gasteiger partial charge in [0.05, 0.1) is 13.2 Å². The molecule has 2 saturated heterocycles. The van der Waals surface area contributed by atoms with E-state index in [2.05, 4.69) is 62.0 Å². The monoisotopic (exact) mass is 519 g/mol. The summed E-state index contributed by atoms with van der Waals surface area (Å²) in [7, 11) is 3.79. The van der Waals surface area contributed by atoms with Crippen molar-refractivity contribution in [2.24, 2.45) is 5.41 Å². The second-order valence-electron chi connectivity index (χ2n) is 11.6. The van der Waals surface area contributed by atoms with Crippen molar-refractivity contribution in [3.63, 3.8) is 0 Å². The topological polar surface area (TPSA) is 85.5 Å². The van der Waals surface area contributed by atoms with Crippen molar-refractivity contribution in [2.45, 2.75) is 57.6 Å². The molecule has 0 aliphatic carbocycles. The second kappa shape index (κ2) is 10.8. The molecule has 0 spiro atoms. The first-order valence-electron chi connectivity index (χ1n) is 13.7. The highest BCUT2D eigenvalue weighted by Crippen LogP contribution is 2.50. The molecule has 38 heavy (non-hydrogen) atoms. The summed E-state index contributed by atoms with van der Waals surface area (Å²) in [6, 6.07) is 10.4. The van der Waals surface area contributed by atoms with Gasteiger partial charge in [-0.25, -0.2) is 9.67 Å². The van der Waals surface area contributed by atoms with Crippen molar-refractivity contribution in [3.8, 4) is 11.4 Å². The molecule has 1 atom stereocenters. The molecular weight excluding hydrogens is 478 g/mol. The standard InChI is InChI=1S/C30H41N5O3/c1-21(2)22-6-8-25(9-7-22)30(36,29(3)19-34(4)20-29)26-16-24(17-31-18-26)27-32-28(23-10-13-38-14-11-23)35(33-27)12-15-37-5/h6-9,16-18,21,23,36H,10-15,19-20H2,1-5H3. The van der Waals surface area contributed by atoms with E-state index in [4.69, 9.17) is 19.6 Å². The number of aliphatic hydroxyl groups is 1. The van der Waals surface area contributed by atoms with Gasteiger partial charge in [0.2, 0.25) is 0 Å². The summed E-state index contributed by atoms with van der Waals surface area (Å²) in [5, 5.41) is 17.5. The molecule has 1 N–H and O–H groups in total. The number of aromatic nitrogens is 4. The average Bonchev–Trinajstić information content (AvgIpc) is 3.35. The number of likely N-dealkylation sites (tertiary alicyclic amines) is 1. The Morgan fingerprint density at radius 1 is 1.13 bits per heavy atom. The largest absolute Gasteiger partial charge is 0.383 e. The highest BCUT2D eigenvalue weighted by molar-refractivity contribution is 5.56. The van der Waals surface area contributed by atoms with Gasteiger partial charge >= 0.3 is 0 Å². The van der Waals surface area contributed by atoms with Gasteiger partial charge in [-0.3, -0.25) is 4.98 Å². The molecule has 204 valence electrons. The van der Waals surface area contributed by atoms with Gasteiger partial charge in [0.1, 0.15) is 11.4 Å². The normalized spacial score (nSPS) is 19.9. The first-order valence-corrected chi connectivity index (χ1v) is 13.7. The number of nitrogens with zero attached hydrogens (tertiary/aromatic N) is 5. The molecular formula is C30H41N5O3. The van der Waals surface area contributed by atoms with Gasteiger partial charge in [-0.15, -0.1) is 0 Å². The van der Waals surface area contributed by atoms with Crippen LogP contribution < -0.4 is 0 Å². The number of hydrogen-bond acceptors (Lipinski definition) is 7. The zero-order valence-corrected chi connectivity index (χ0v) is 23.4. The smallest absolute Gasteiger partial charge is 0.182 e. The zero-order chi connectivity index (χ0) is 26.9. The highest BCUT2D eigenvalue weighted by Gasteiger charge is 2.55. The summed E-state index contributed by atoms with van der Waals surface area (Å²) in [4.78, 5) is 11.8. The first kappa shape index (κ1) is 26.9. The lowest BCUT2D eigenvalue weighted by atomic mass is 9.62. The van der Waals surface area contributed by atoms with Gasteiger partial charge in [0, 0.05) is 68.3 Å². The molecule has 0 radical (unpaired) electrons. The van der Waals surface area contributed by atoms with E-state index in [9.17, 15) is 5.11 Å². The molecule has 5 rings (SSSR count). The molecule has 3 aromatic rings. The van der Waals surface area contributed by atoms with E-state index in [0.29, 0.717) is 30.8 Å². The molecule has 1 aromatic carbocycles. The molecule has 2 aromatic heterocycles. The van der Waals surface area contributed by atoms with Gasteiger partial charge in [-0.05, 0) is 43.0 Å². The minimum atomic E-state index is -1.21. The average molecular weight is 520 g/mol. The van der Waals surface area contributed by atoms with Gasteiger partial charge in [0.15, 0.2) is 5.82 Å². The third-order valence-electron chi connectivity index (χ3n) is 8.31. The van der Waals surface area contributed by atoms with Crippen molar-refractivity contribution in [3.05, 3.63) is 65.2 Å². The summed E-state index contributed by atoms with van der Waals surface area (Å²) >= 11 is 0. The van der Waals surface area contributed by atoms with E-state index in [1.54, 1.807) is 19.5 Å². The van der Waals surface area contributed by atoms with Crippen LogP contribution >= 0.6 is 0 Å². The van der Waals surface area contributed by atoms with Crippen LogP contribution in [0.4, 0.5) is 0 Å². The Hall–Kier alpha value is -2.65. The number of methoxy groups -OCH3 is 1. The molecule has 2 aliphatic rings. The number of hydrogen-bond donors (Lipinski definition) is 1. The van der Waals surface area contributed by atoms with Crippen LogP contribution in [0.2, 0.25) is 0 Å². The summed E-state index contributed by atoms with van der Waals surface area (Å²) in [5.74, 6) is 2.33. The maximum atomic E-state index is 12.6. The van der Waals surface area contributed by atoms with Crippen LogP contribution in [0.25, 0.3) is 11.4 Å². The predicted octanol–water partition coefficient (Wildman–Crippen LogP) is 4.19. The SMILES string of the molecule is COCCn1nc(-c2cncc(C(O)(c3ccc(C(C)C)cc3)C3(C)CN(C)C3)c2)nc1C1CCOCC1. The van der Waals surface area contributed by atoms with Crippen LogP contribution in [0, 0.1) is 5.41 Å². The lowest BCUT2D eigenvalue weighted by Crippen LogP contribution is -2.63. The van der Waals surface area contributed by atoms with Crippen LogP contribution in [0.5, 0.6) is 0 Å². The number of pyridine rings is 1. The Kier molecular flexibility index (Phi) is 7.69. The lowest BCUT2D eigenvalue weighted by Gasteiger charge is -2.55. The number of ether oxygens (including phenoxy) is 2. The summed E-state index contributed by atoms with van der Waals surface area (Å²) in [6.45, 7) is 10.8. The summed E-state index contributed by atoms with van der Waals surface area (Å²) in [6.07, 6.45) is 5.46. The fraction of sp³-hybridized carbons (Fsp3) is 0.567. The minimum Gasteiger partial charge on any atom is -0.383 e. The number of benzene rings is 1. The van der Waals surface area contributed by atoms with E-state index in [-0.39, 0.29) is 5.41 Å². The maximum absolute atomic E-state index is 12.6. The van der Waals surface area contributed by atoms with E-state index in [1.165, 1.54) is 5.56 Å². The maximum Gasteiger partial charge on any atom is 0.182 e. The Morgan fingerprint density at radius 2 is 1.84 bits per heavy atom. The molecule has 0 saturated carbocycles. The van der Waals surface area contributed by atoms with E-state index in [1.807, 2.05) is 10.7 Å². The van der Waals surface area contributed by atoms with E-state index in [0.717, 1.165) is 61.7 Å². The quantitative estimate of drug-likeness (QED) is 0.454. The van der Waals surface area contributed by atoms with Crippen molar-refractivity contribution in [1.82, 2.24) is 24.6 Å². The molecule has 8 heteroatoms. The van der Waals surface area contributed by atoms with Gasteiger partial charge in [0.25, 0.3) is 0 Å². The summed E-state index contributed by atoms with van der Waals surface area (Å²) in [5.41, 5.74) is 2.15. The second-order valence-corrected chi connectivity index (χ2v) is 11.6. The van der Waals surface area contributed by atoms with Crippen LogP contribution in [0.3, 0.4) is 0 Å². The molecule has 2 fully saturated rings. The van der Waals surface area contributed by atoms with Gasteiger partial charge in [-0.1, -0.05) is 45.0 Å². The Labute approximate surface area is 226 Å². The number of rotatable bonds is 9. The third kappa shape index (κ3) is 4.91. The van der Waals surface area contributed by atoms with Crippen LogP contribution in [0.1, 0.15) is 68.0 Å². The van der Waals surface area contributed by atoms with Crippen LogP contribution in [0.15, 0.2) is 42.7 Å². The fourth-order valence-electron chi connectivity index (χ4n) is 6.18. The van der Waals surface area contributed by atoms with Crippen LogP contribution in [-0.4, -0.2) is 76.8 Å². The van der Waals surface area contributed by atoms with Gasteiger partial charge < -0.3 is 19.5 Å². The molecule has 2 aliphatic heterocycles. The van der Waals surface area contributed by atoms with Crippen molar-refractivity contribution < 1.29 is 14.6 Å². The molecule has 4 heterocycles. The van der Waals surface area contributed by atoms with Gasteiger partial charge in [-0.2, -0.15) is 5.10 Å². The first-order chi connectivity index (χ1) is 18.2. The molecule has 1 unspecified atom stereocenters. The van der Waals surface area contributed by atoms with Crippen molar-refractivity contribution in [2.75, 3.05) is 47.1 Å². The molecule has 0 bridgehead atoms. The minimum absolute atomic E-state index is 0.304. The van der Waals surface area contributed by atoms with Crippen molar-refractivity contribution in [1.29, 1.82) is 0 Å². The predicted molar refractivity (Wildman–Crippen MR) is 147 cm³/mol. The van der Waals surface area contributed by atoms with E-state index < -0.39 is 5.60 Å². The lowest BCUT2D eigenvalue weighted by molar-refractivity contribution is -0.127. The van der Waals surface area contributed by atoms with Crippen molar-refractivity contribution >= 4 is 0 Å². The highest BCUT2D eigenvalue weighted by atomic mass is 16.5. The Morgan fingerprint density at radius 3 is 2.47 bits per heavy atom. The van der Waals surface area contributed by atoms with E-state index >= 15 is 0 Å². The molecule has 8 nitrogen and oxygen atoms in total. The Bertz CT molecular complexity index is 1230. The third-order valence-corrected chi connectivity index (χ3v) is 8.31. The summed E-state index contributed by atoms with van der Waals surface area (Å²) < 4.78 is 12.9. The van der Waals surface area contributed by atoms with Crippen LogP contribution in [-0.2, 0) is 21.6 Å². The zero-order valence-electron chi connectivity index (χ0n) is 23.4. The Balaban J connectivity index is 1.56.